The first-order valence-corrected chi connectivity index (χ1v) is 5.92. The third-order valence-corrected chi connectivity index (χ3v) is 3.01. The van der Waals surface area contributed by atoms with Gasteiger partial charge in [-0.3, -0.25) is 19.9 Å². The maximum Gasteiger partial charge on any atom is 0.272 e. The minimum absolute atomic E-state index is 0.101. The number of hydrogen-bond donors (Lipinski definition) is 0. The van der Waals surface area contributed by atoms with Crippen molar-refractivity contribution in [2.24, 2.45) is 0 Å². The average Bonchev–Trinajstić information content (AvgIpc) is 2.41. The van der Waals surface area contributed by atoms with E-state index in [1.807, 2.05) is 0 Å². The van der Waals surface area contributed by atoms with E-state index in [4.69, 9.17) is 11.6 Å². The molecule has 0 aliphatic rings. The second kappa shape index (κ2) is 5.75. The molecule has 1 heterocycles. The van der Waals surface area contributed by atoms with Crippen LogP contribution in [0.5, 0.6) is 0 Å². The quantitative estimate of drug-likeness (QED) is 0.493. The van der Waals surface area contributed by atoms with Crippen molar-refractivity contribution in [2.45, 2.75) is 6.42 Å². The molecule has 102 valence electrons. The Balaban J connectivity index is 2.26. The molecule has 1 aromatic carbocycles. The van der Waals surface area contributed by atoms with E-state index in [0.29, 0.717) is 10.6 Å². The van der Waals surface area contributed by atoms with Gasteiger partial charge in [-0.25, -0.2) is 4.39 Å². The summed E-state index contributed by atoms with van der Waals surface area (Å²) in [4.78, 5) is 25.5. The molecule has 0 aliphatic heterocycles. The number of Topliss-reactive ketones (excluding diaryl/α,β-unsaturated/α-hetero) is 1. The van der Waals surface area contributed by atoms with E-state index in [1.54, 1.807) is 6.07 Å². The van der Waals surface area contributed by atoms with Crippen molar-refractivity contribution in [3.8, 4) is 0 Å². The van der Waals surface area contributed by atoms with Crippen LogP contribution >= 0.6 is 11.6 Å². The standard InChI is InChI=1S/C13H8ClFN2O3/c14-11-7-16-4-3-8(11)5-13(18)10-2-1-9(17(19)20)6-12(10)15/h1-4,6-7H,5H2. The van der Waals surface area contributed by atoms with Crippen molar-refractivity contribution in [1.29, 1.82) is 0 Å². The molecule has 0 saturated heterocycles. The Morgan fingerprint density at radius 1 is 1.40 bits per heavy atom. The van der Waals surface area contributed by atoms with E-state index in [-0.39, 0.29) is 12.0 Å². The Morgan fingerprint density at radius 2 is 2.15 bits per heavy atom. The average molecular weight is 295 g/mol. The maximum absolute atomic E-state index is 13.7. The molecule has 0 spiro atoms. The largest absolute Gasteiger partial charge is 0.294 e. The van der Waals surface area contributed by atoms with E-state index in [1.165, 1.54) is 12.4 Å². The second-order valence-electron chi connectivity index (χ2n) is 3.99. The summed E-state index contributed by atoms with van der Waals surface area (Å²) in [5.74, 6) is -1.43. The SMILES string of the molecule is O=C(Cc1ccncc1Cl)c1ccc([N+](=O)[O-])cc1F. The van der Waals surface area contributed by atoms with Gasteiger partial charge in [0.1, 0.15) is 5.82 Å². The fourth-order valence-electron chi connectivity index (χ4n) is 1.66. The lowest BCUT2D eigenvalue weighted by Crippen LogP contribution is -2.07. The van der Waals surface area contributed by atoms with Crippen molar-refractivity contribution in [2.75, 3.05) is 0 Å². The maximum atomic E-state index is 13.7. The lowest BCUT2D eigenvalue weighted by molar-refractivity contribution is -0.385. The highest BCUT2D eigenvalue weighted by atomic mass is 35.5. The third-order valence-electron chi connectivity index (χ3n) is 2.67. The predicted molar refractivity (Wildman–Crippen MR) is 70.3 cm³/mol. The summed E-state index contributed by atoms with van der Waals surface area (Å²) in [6.45, 7) is 0. The van der Waals surface area contributed by atoms with Gasteiger partial charge in [0.25, 0.3) is 5.69 Å². The van der Waals surface area contributed by atoms with Crippen molar-refractivity contribution < 1.29 is 14.1 Å². The lowest BCUT2D eigenvalue weighted by atomic mass is 10.0. The van der Waals surface area contributed by atoms with Crippen LogP contribution in [0.4, 0.5) is 10.1 Å². The molecule has 0 bridgehead atoms. The zero-order valence-electron chi connectivity index (χ0n) is 10.0. The monoisotopic (exact) mass is 294 g/mol. The number of hydrogen-bond acceptors (Lipinski definition) is 4. The summed E-state index contributed by atoms with van der Waals surface area (Å²) in [5, 5.41) is 10.8. The van der Waals surface area contributed by atoms with Crippen LogP contribution in [0.1, 0.15) is 15.9 Å². The zero-order valence-corrected chi connectivity index (χ0v) is 10.8. The van der Waals surface area contributed by atoms with Crippen molar-refractivity contribution >= 4 is 23.1 Å². The van der Waals surface area contributed by atoms with Gasteiger partial charge >= 0.3 is 0 Å². The normalized spacial score (nSPS) is 10.3. The lowest BCUT2D eigenvalue weighted by Gasteiger charge is -2.04. The van der Waals surface area contributed by atoms with E-state index in [0.717, 1.165) is 18.2 Å². The Bertz CT molecular complexity index is 691. The summed E-state index contributed by atoms with van der Waals surface area (Å²) in [7, 11) is 0. The zero-order chi connectivity index (χ0) is 14.7. The van der Waals surface area contributed by atoms with Crippen LogP contribution in [0, 0.1) is 15.9 Å². The van der Waals surface area contributed by atoms with Gasteiger partial charge in [0.2, 0.25) is 0 Å². The first-order chi connectivity index (χ1) is 9.49. The van der Waals surface area contributed by atoms with Crippen molar-refractivity contribution in [3.05, 3.63) is 68.7 Å². The number of non-ortho nitro benzene ring substituents is 1. The van der Waals surface area contributed by atoms with Crippen LogP contribution in [0.2, 0.25) is 5.02 Å². The number of halogens is 2. The molecule has 2 aromatic rings. The van der Waals surface area contributed by atoms with E-state index >= 15 is 0 Å². The number of nitro benzene ring substituents is 1. The molecule has 0 radical (unpaired) electrons. The molecule has 0 fully saturated rings. The molecule has 20 heavy (non-hydrogen) atoms. The van der Waals surface area contributed by atoms with E-state index in [9.17, 15) is 19.3 Å². The first kappa shape index (κ1) is 14.1. The number of ketones is 1. The number of benzene rings is 1. The second-order valence-corrected chi connectivity index (χ2v) is 4.40. The highest BCUT2D eigenvalue weighted by Gasteiger charge is 2.17. The number of aromatic nitrogens is 1. The fraction of sp³-hybridized carbons (Fsp3) is 0.0769. The van der Waals surface area contributed by atoms with Gasteiger partial charge in [0.15, 0.2) is 5.78 Å². The van der Waals surface area contributed by atoms with Gasteiger partial charge in [-0.1, -0.05) is 11.6 Å². The fourth-order valence-corrected chi connectivity index (χ4v) is 1.85. The molecule has 7 heteroatoms. The van der Waals surface area contributed by atoms with Gasteiger partial charge < -0.3 is 0 Å². The van der Waals surface area contributed by atoms with Gasteiger partial charge in [-0.05, 0) is 17.7 Å². The van der Waals surface area contributed by atoms with Crippen LogP contribution in [0.25, 0.3) is 0 Å². The number of carbonyl (C=O) groups excluding carboxylic acids is 1. The molecule has 0 amide bonds. The van der Waals surface area contributed by atoms with Crippen LogP contribution < -0.4 is 0 Å². The molecule has 0 saturated carbocycles. The molecule has 0 atom stereocenters. The molecule has 1 aromatic heterocycles. The summed E-state index contributed by atoms with van der Waals surface area (Å²) in [6.07, 6.45) is 2.76. The highest BCUT2D eigenvalue weighted by molar-refractivity contribution is 6.31. The summed E-state index contributed by atoms with van der Waals surface area (Å²) >= 11 is 5.86. The minimum atomic E-state index is -0.922. The molecular weight excluding hydrogens is 287 g/mol. The van der Waals surface area contributed by atoms with Gasteiger partial charge in [0.05, 0.1) is 21.6 Å². The summed E-state index contributed by atoms with van der Waals surface area (Å²) < 4.78 is 13.7. The highest BCUT2D eigenvalue weighted by Crippen LogP contribution is 2.20. The minimum Gasteiger partial charge on any atom is -0.294 e. The summed E-state index contributed by atoms with van der Waals surface area (Å²) in [6, 6.07) is 4.47. The Hall–Kier alpha value is -2.34. The van der Waals surface area contributed by atoms with Crippen LogP contribution in [0.15, 0.2) is 36.7 Å². The van der Waals surface area contributed by atoms with Crippen LogP contribution in [0.3, 0.4) is 0 Å². The van der Waals surface area contributed by atoms with Crippen LogP contribution in [-0.2, 0) is 6.42 Å². The van der Waals surface area contributed by atoms with E-state index < -0.39 is 22.2 Å². The Labute approximate surface area is 118 Å². The van der Waals surface area contributed by atoms with Gasteiger partial charge in [-0.15, -0.1) is 0 Å². The van der Waals surface area contributed by atoms with Crippen molar-refractivity contribution in [3.63, 3.8) is 0 Å². The Kier molecular flexibility index (Phi) is 4.05. The molecule has 2 rings (SSSR count). The van der Waals surface area contributed by atoms with E-state index in [2.05, 4.69) is 4.98 Å². The number of carbonyl (C=O) groups is 1. The molecule has 5 nitrogen and oxygen atoms in total. The molecule has 0 unspecified atom stereocenters. The number of nitro groups is 1. The van der Waals surface area contributed by atoms with Gasteiger partial charge in [0, 0.05) is 24.9 Å². The summed E-state index contributed by atoms with van der Waals surface area (Å²) in [5.41, 5.74) is -0.0890. The van der Waals surface area contributed by atoms with Crippen LogP contribution in [-0.4, -0.2) is 15.7 Å². The number of pyridine rings is 1. The smallest absolute Gasteiger partial charge is 0.272 e. The predicted octanol–water partition coefficient (Wildman–Crippen LogP) is 3.21. The third kappa shape index (κ3) is 2.97. The van der Waals surface area contributed by atoms with Gasteiger partial charge in [-0.2, -0.15) is 0 Å². The Morgan fingerprint density at radius 3 is 2.75 bits per heavy atom. The molecule has 0 N–H and O–H groups in total. The van der Waals surface area contributed by atoms with Crippen molar-refractivity contribution in [1.82, 2.24) is 4.98 Å². The molecule has 0 aliphatic carbocycles. The number of nitrogens with zero attached hydrogens (tertiary/aromatic N) is 2. The molecular formula is C13H8ClFN2O3. The topological polar surface area (TPSA) is 73.1 Å². The first-order valence-electron chi connectivity index (χ1n) is 5.54. The number of rotatable bonds is 4.